The van der Waals surface area contributed by atoms with Crippen molar-refractivity contribution in [3.63, 3.8) is 0 Å². The summed E-state index contributed by atoms with van der Waals surface area (Å²) in [4.78, 5) is 28.2. The highest BCUT2D eigenvalue weighted by Gasteiger charge is 2.30. The van der Waals surface area contributed by atoms with Crippen LogP contribution in [0, 0.1) is 0 Å². The molecular formula is C26H21F3N4O4S. The maximum absolute atomic E-state index is 12.9. The Morgan fingerprint density at radius 1 is 1.13 bits per heavy atom. The highest BCUT2D eigenvalue weighted by molar-refractivity contribution is 7.13. The topological polar surface area (TPSA) is 106 Å². The molecular weight excluding hydrogens is 521 g/mol. The largest absolute Gasteiger partial charge is 0.462 e. The molecule has 2 aromatic heterocycles. The summed E-state index contributed by atoms with van der Waals surface area (Å²) in [6.45, 7) is 2.03. The first-order chi connectivity index (χ1) is 18.2. The minimum atomic E-state index is -4.45. The number of amides is 1. The van der Waals surface area contributed by atoms with Gasteiger partial charge in [0.1, 0.15) is 11.5 Å². The summed E-state index contributed by atoms with van der Waals surface area (Å²) in [5, 5.41) is 8.68. The lowest BCUT2D eigenvalue weighted by Gasteiger charge is -2.08. The van der Waals surface area contributed by atoms with Crippen molar-refractivity contribution in [1.29, 1.82) is 0 Å². The Bertz CT molecular complexity index is 1450. The molecule has 0 aliphatic heterocycles. The number of carbonyl (C=O) groups excluding carboxylic acids is 2. The molecule has 2 heterocycles. The number of halogens is 3. The summed E-state index contributed by atoms with van der Waals surface area (Å²) in [6.07, 6.45) is -3.18. The number of aromatic nitrogens is 1. The van der Waals surface area contributed by atoms with Crippen LogP contribution in [-0.2, 0) is 22.1 Å². The smallest absolute Gasteiger partial charge is 0.416 e. The van der Waals surface area contributed by atoms with Gasteiger partial charge in [-0.05, 0) is 49.4 Å². The lowest BCUT2D eigenvalue weighted by atomic mass is 10.1. The maximum Gasteiger partial charge on any atom is 0.416 e. The number of anilines is 2. The standard InChI is InChI=1S/C26H21F3N4O4S/c1-2-36-24(35)17-8-6-16(7-9-17)22-11-10-21(37-22)14-30-33-23(34)13-20-15-38-25(32-20)31-19-5-3-4-18(12-19)26(27,28)29/h3-12,14-15H,2,13H2,1H3,(H,31,32)(H,33,34)/b30-14-. The predicted molar refractivity (Wildman–Crippen MR) is 136 cm³/mol. The number of hydrogen-bond donors (Lipinski definition) is 2. The van der Waals surface area contributed by atoms with Crippen molar-refractivity contribution in [3.8, 4) is 11.3 Å². The fourth-order valence-corrected chi connectivity index (χ4v) is 4.01. The zero-order valence-electron chi connectivity index (χ0n) is 19.9. The van der Waals surface area contributed by atoms with Crippen LogP contribution in [0.25, 0.3) is 11.3 Å². The zero-order chi connectivity index (χ0) is 27.1. The SMILES string of the molecule is CCOC(=O)c1ccc(-c2ccc(/C=N\NC(=O)Cc3csc(Nc4cccc(C(F)(F)F)c4)n3)o2)cc1. The summed E-state index contributed by atoms with van der Waals surface area (Å²) in [6, 6.07) is 14.9. The molecule has 0 unspecified atom stereocenters. The van der Waals surface area contributed by atoms with Crippen LogP contribution in [-0.4, -0.2) is 29.7 Å². The number of rotatable bonds is 9. The van der Waals surface area contributed by atoms with Crippen LogP contribution in [0.4, 0.5) is 24.0 Å². The summed E-state index contributed by atoms with van der Waals surface area (Å²) >= 11 is 1.16. The molecule has 0 bridgehead atoms. The van der Waals surface area contributed by atoms with Gasteiger partial charge in [-0.2, -0.15) is 18.3 Å². The van der Waals surface area contributed by atoms with Gasteiger partial charge in [-0.3, -0.25) is 4.79 Å². The normalized spacial score (nSPS) is 11.5. The van der Waals surface area contributed by atoms with Crippen LogP contribution in [0.5, 0.6) is 0 Å². The first-order valence-corrected chi connectivity index (χ1v) is 12.2. The van der Waals surface area contributed by atoms with E-state index in [1.807, 2.05) is 0 Å². The van der Waals surface area contributed by atoms with Crippen LogP contribution in [0.3, 0.4) is 0 Å². The molecule has 0 aliphatic rings. The molecule has 8 nitrogen and oxygen atoms in total. The molecule has 0 saturated carbocycles. The number of hydrogen-bond acceptors (Lipinski definition) is 8. The Morgan fingerprint density at radius 2 is 1.92 bits per heavy atom. The maximum atomic E-state index is 12.9. The van der Waals surface area contributed by atoms with Crippen molar-refractivity contribution in [2.45, 2.75) is 19.5 Å². The van der Waals surface area contributed by atoms with Gasteiger partial charge in [-0.25, -0.2) is 15.2 Å². The van der Waals surface area contributed by atoms with E-state index in [1.54, 1.807) is 48.7 Å². The molecule has 0 fully saturated rings. The fourth-order valence-electron chi connectivity index (χ4n) is 3.28. The van der Waals surface area contributed by atoms with Crippen LogP contribution < -0.4 is 10.7 Å². The molecule has 4 rings (SSSR count). The van der Waals surface area contributed by atoms with E-state index >= 15 is 0 Å². The Kier molecular flexibility index (Phi) is 8.22. The second-order valence-corrected chi connectivity index (χ2v) is 8.68. The summed E-state index contributed by atoms with van der Waals surface area (Å²) < 4.78 is 49.3. The Labute approximate surface area is 219 Å². The molecule has 0 spiro atoms. The van der Waals surface area contributed by atoms with E-state index in [-0.39, 0.29) is 12.1 Å². The van der Waals surface area contributed by atoms with E-state index in [2.05, 4.69) is 20.8 Å². The van der Waals surface area contributed by atoms with Crippen molar-refractivity contribution in [2.24, 2.45) is 5.10 Å². The van der Waals surface area contributed by atoms with Gasteiger partial charge in [0.05, 0.1) is 36.1 Å². The van der Waals surface area contributed by atoms with Gasteiger partial charge in [0.15, 0.2) is 5.13 Å². The number of benzene rings is 2. The second-order valence-electron chi connectivity index (χ2n) is 7.82. The Hall–Kier alpha value is -4.45. The average Bonchev–Trinajstić information content (AvgIpc) is 3.53. The van der Waals surface area contributed by atoms with E-state index in [9.17, 15) is 22.8 Å². The van der Waals surface area contributed by atoms with Gasteiger partial charge < -0.3 is 14.5 Å². The number of furan rings is 1. The number of nitrogens with one attached hydrogen (secondary N) is 2. The number of thiazole rings is 1. The van der Waals surface area contributed by atoms with Crippen LogP contribution in [0.1, 0.15) is 34.3 Å². The number of carbonyl (C=O) groups is 2. The average molecular weight is 543 g/mol. The van der Waals surface area contributed by atoms with Crippen molar-refractivity contribution >= 4 is 40.2 Å². The minimum Gasteiger partial charge on any atom is -0.462 e. The Balaban J connectivity index is 1.28. The summed E-state index contributed by atoms with van der Waals surface area (Å²) in [5.41, 5.74) is 3.47. The number of alkyl halides is 3. The van der Waals surface area contributed by atoms with Gasteiger partial charge in [-0.1, -0.05) is 18.2 Å². The van der Waals surface area contributed by atoms with Crippen molar-refractivity contribution in [2.75, 3.05) is 11.9 Å². The molecule has 1 amide bonds. The summed E-state index contributed by atoms with van der Waals surface area (Å²) in [7, 11) is 0. The lowest BCUT2D eigenvalue weighted by molar-refractivity contribution is -0.137. The van der Waals surface area contributed by atoms with Crippen molar-refractivity contribution in [3.05, 3.63) is 88.6 Å². The van der Waals surface area contributed by atoms with E-state index < -0.39 is 23.6 Å². The molecule has 0 atom stereocenters. The first-order valence-electron chi connectivity index (χ1n) is 11.3. The minimum absolute atomic E-state index is 0.0751. The van der Waals surface area contributed by atoms with Crippen LogP contribution in [0.15, 0.2) is 75.6 Å². The molecule has 4 aromatic rings. The Morgan fingerprint density at radius 3 is 2.66 bits per heavy atom. The predicted octanol–water partition coefficient (Wildman–Crippen LogP) is 6.04. The van der Waals surface area contributed by atoms with Crippen LogP contribution >= 0.6 is 11.3 Å². The molecule has 2 aromatic carbocycles. The van der Waals surface area contributed by atoms with E-state index in [0.29, 0.717) is 34.5 Å². The quantitative estimate of drug-likeness (QED) is 0.152. The van der Waals surface area contributed by atoms with E-state index in [1.165, 1.54) is 18.3 Å². The zero-order valence-corrected chi connectivity index (χ0v) is 20.7. The van der Waals surface area contributed by atoms with Gasteiger partial charge in [0.2, 0.25) is 5.91 Å². The van der Waals surface area contributed by atoms with Crippen molar-refractivity contribution < 1.29 is 31.9 Å². The number of esters is 1. The van der Waals surface area contributed by atoms with Gasteiger partial charge in [-0.15, -0.1) is 11.3 Å². The fraction of sp³-hybridized carbons (Fsp3) is 0.154. The van der Waals surface area contributed by atoms with Crippen molar-refractivity contribution in [1.82, 2.24) is 10.4 Å². The lowest BCUT2D eigenvalue weighted by Crippen LogP contribution is -2.19. The third-order valence-electron chi connectivity index (χ3n) is 5.02. The first kappa shape index (κ1) is 26.6. The highest BCUT2D eigenvalue weighted by Crippen LogP contribution is 2.32. The number of hydrazone groups is 1. The monoisotopic (exact) mass is 542 g/mol. The highest BCUT2D eigenvalue weighted by atomic mass is 32.1. The third kappa shape index (κ3) is 7.07. The van der Waals surface area contributed by atoms with E-state index in [4.69, 9.17) is 9.15 Å². The van der Waals surface area contributed by atoms with E-state index in [0.717, 1.165) is 29.0 Å². The van der Waals surface area contributed by atoms with Gasteiger partial charge in [0.25, 0.3) is 0 Å². The van der Waals surface area contributed by atoms with Crippen LogP contribution in [0.2, 0.25) is 0 Å². The van der Waals surface area contributed by atoms with Gasteiger partial charge >= 0.3 is 12.1 Å². The molecule has 196 valence electrons. The second kappa shape index (κ2) is 11.7. The summed E-state index contributed by atoms with van der Waals surface area (Å²) in [5.74, 6) is 0.119. The molecule has 0 aliphatic carbocycles. The molecule has 0 saturated heterocycles. The third-order valence-corrected chi connectivity index (χ3v) is 5.83. The molecule has 38 heavy (non-hydrogen) atoms. The molecule has 0 radical (unpaired) electrons. The van der Waals surface area contributed by atoms with Gasteiger partial charge in [0, 0.05) is 16.6 Å². The number of nitrogens with zero attached hydrogens (tertiary/aromatic N) is 2. The molecule has 2 N–H and O–H groups in total. The molecule has 12 heteroatoms. The number of ether oxygens (including phenoxy) is 1.